The number of aromatic nitrogens is 1. The Morgan fingerprint density at radius 3 is 2.68 bits per heavy atom. The lowest BCUT2D eigenvalue weighted by Gasteiger charge is -2.35. The highest BCUT2D eigenvalue weighted by Gasteiger charge is 2.31. The molecule has 1 fully saturated rings. The lowest BCUT2D eigenvalue weighted by Crippen LogP contribution is -2.41. The average molecular weight is 266 g/mol. The zero-order valence-electron chi connectivity index (χ0n) is 10.9. The molecule has 1 heterocycles. The van der Waals surface area contributed by atoms with Crippen molar-refractivity contribution in [3.8, 4) is 0 Å². The fraction of sp³-hybridized carbons (Fsp3) is 0.571. The maximum absolute atomic E-state index is 12.7. The van der Waals surface area contributed by atoms with E-state index in [1.54, 1.807) is 0 Å². The fourth-order valence-corrected chi connectivity index (χ4v) is 2.57. The van der Waals surface area contributed by atoms with Crippen LogP contribution >= 0.6 is 0 Å². The third kappa shape index (κ3) is 3.50. The minimum Gasteiger partial charge on any atom is -0.396 e. The van der Waals surface area contributed by atoms with Crippen LogP contribution in [0.25, 0.3) is 0 Å². The summed E-state index contributed by atoms with van der Waals surface area (Å²) in [4.78, 5) is 15.4. The van der Waals surface area contributed by atoms with E-state index in [0.717, 1.165) is 31.7 Å². The van der Waals surface area contributed by atoms with E-state index in [2.05, 4.69) is 10.3 Å². The van der Waals surface area contributed by atoms with Crippen molar-refractivity contribution in [1.29, 1.82) is 0 Å². The van der Waals surface area contributed by atoms with Crippen molar-refractivity contribution in [2.45, 2.75) is 32.1 Å². The van der Waals surface area contributed by atoms with Crippen LogP contribution in [0.2, 0.25) is 0 Å². The standard InChI is InChI=1S/C14H19FN2O2/c15-12-5-4-11(8-16-12)13(19)17-9-14(10-18)6-2-1-3-7-14/h4-5,8,18H,1-3,6-7,9-10H2,(H,17,19). The van der Waals surface area contributed by atoms with Crippen molar-refractivity contribution in [3.05, 3.63) is 29.8 Å². The number of amides is 1. The summed E-state index contributed by atoms with van der Waals surface area (Å²) in [5.74, 6) is -0.874. The number of pyridine rings is 1. The highest BCUT2D eigenvalue weighted by atomic mass is 19.1. The highest BCUT2D eigenvalue weighted by molar-refractivity contribution is 5.93. The first-order valence-electron chi connectivity index (χ1n) is 6.66. The zero-order chi connectivity index (χ0) is 13.7. The van der Waals surface area contributed by atoms with Gasteiger partial charge in [0.15, 0.2) is 0 Å². The van der Waals surface area contributed by atoms with Gasteiger partial charge in [0, 0.05) is 18.2 Å². The molecular formula is C14H19FN2O2. The molecule has 2 N–H and O–H groups in total. The third-order valence-electron chi connectivity index (χ3n) is 3.86. The Balaban J connectivity index is 1.93. The Morgan fingerprint density at radius 2 is 2.11 bits per heavy atom. The Morgan fingerprint density at radius 1 is 1.37 bits per heavy atom. The number of aliphatic hydroxyl groups is 1. The second-order valence-electron chi connectivity index (χ2n) is 5.27. The number of hydrogen-bond acceptors (Lipinski definition) is 3. The fourth-order valence-electron chi connectivity index (χ4n) is 2.57. The smallest absolute Gasteiger partial charge is 0.252 e. The molecule has 19 heavy (non-hydrogen) atoms. The molecule has 1 amide bonds. The molecule has 0 saturated heterocycles. The van der Waals surface area contributed by atoms with E-state index in [9.17, 15) is 14.3 Å². The van der Waals surface area contributed by atoms with Crippen molar-refractivity contribution < 1.29 is 14.3 Å². The van der Waals surface area contributed by atoms with Crippen molar-refractivity contribution in [2.24, 2.45) is 5.41 Å². The number of rotatable bonds is 4. The summed E-state index contributed by atoms with van der Waals surface area (Å²) in [5.41, 5.74) is 0.145. The van der Waals surface area contributed by atoms with Crippen LogP contribution in [0.15, 0.2) is 18.3 Å². The number of aliphatic hydroxyl groups excluding tert-OH is 1. The molecule has 2 rings (SSSR count). The molecule has 1 saturated carbocycles. The summed E-state index contributed by atoms with van der Waals surface area (Å²) < 4.78 is 12.7. The quantitative estimate of drug-likeness (QED) is 0.818. The molecule has 1 aliphatic carbocycles. The molecule has 0 atom stereocenters. The number of nitrogens with one attached hydrogen (secondary N) is 1. The Bertz CT molecular complexity index is 428. The number of halogens is 1. The molecule has 0 aromatic carbocycles. The monoisotopic (exact) mass is 266 g/mol. The first kappa shape index (κ1) is 13.9. The molecular weight excluding hydrogens is 247 g/mol. The molecule has 1 aliphatic rings. The van der Waals surface area contributed by atoms with Crippen LogP contribution < -0.4 is 5.32 Å². The first-order valence-corrected chi connectivity index (χ1v) is 6.66. The predicted octanol–water partition coefficient (Wildman–Crippen LogP) is 1.89. The molecule has 0 aliphatic heterocycles. The van der Waals surface area contributed by atoms with Crippen molar-refractivity contribution in [2.75, 3.05) is 13.2 Å². The Hall–Kier alpha value is -1.49. The van der Waals surface area contributed by atoms with E-state index < -0.39 is 5.95 Å². The normalized spacial score (nSPS) is 18.0. The molecule has 0 bridgehead atoms. The second-order valence-corrected chi connectivity index (χ2v) is 5.27. The van der Waals surface area contributed by atoms with Crippen LogP contribution in [-0.2, 0) is 0 Å². The van der Waals surface area contributed by atoms with Gasteiger partial charge in [0.05, 0.1) is 12.2 Å². The summed E-state index contributed by atoms with van der Waals surface area (Å²) in [6.45, 7) is 0.550. The minimum atomic E-state index is -0.601. The second kappa shape index (κ2) is 6.10. The van der Waals surface area contributed by atoms with Crippen molar-refractivity contribution >= 4 is 5.91 Å². The summed E-state index contributed by atoms with van der Waals surface area (Å²) in [6.07, 6.45) is 6.47. The van der Waals surface area contributed by atoms with Gasteiger partial charge in [-0.1, -0.05) is 19.3 Å². The highest BCUT2D eigenvalue weighted by Crippen LogP contribution is 2.35. The van der Waals surface area contributed by atoms with Gasteiger partial charge in [-0.3, -0.25) is 4.79 Å². The number of carbonyl (C=O) groups is 1. The topological polar surface area (TPSA) is 62.2 Å². The van der Waals surface area contributed by atoms with E-state index in [1.807, 2.05) is 0 Å². The van der Waals surface area contributed by atoms with Gasteiger partial charge in [-0.2, -0.15) is 4.39 Å². The zero-order valence-corrected chi connectivity index (χ0v) is 10.9. The summed E-state index contributed by atoms with van der Waals surface area (Å²) in [6, 6.07) is 2.57. The van der Waals surface area contributed by atoms with Crippen LogP contribution in [0.4, 0.5) is 4.39 Å². The van der Waals surface area contributed by atoms with Gasteiger partial charge < -0.3 is 10.4 Å². The van der Waals surface area contributed by atoms with Gasteiger partial charge in [0.25, 0.3) is 5.91 Å². The molecule has 1 aromatic heterocycles. The average Bonchev–Trinajstić information content (AvgIpc) is 2.46. The molecule has 5 heteroatoms. The molecule has 104 valence electrons. The number of hydrogen-bond donors (Lipinski definition) is 2. The van der Waals surface area contributed by atoms with Crippen molar-refractivity contribution in [3.63, 3.8) is 0 Å². The minimum absolute atomic E-state index is 0.0922. The molecule has 4 nitrogen and oxygen atoms in total. The SMILES string of the molecule is O=C(NCC1(CO)CCCCC1)c1ccc(F)nc1. The first-order chi connectivity index (χ1) is 9.15. The van der Waals surface area contributed by atoms with E-state index in [-0.39, 0.29) is 17.9 Å². The van der Waals surface area contributed by atoms with Gasteiger partial charge in [0.1, 0.15) is 0 Å². The summed E-state index contributed by atoms with van der Waals surface area (Å²) in [7, 11) is 0. The molecule has 0 unspecified atom stereocenters. The Kier molecular flexibility index (Phi) is 4.47. The molecule has 0 spiro atoms. The maximum atomic E-state index is 12.7. The lowest BCUT2D eigenvalue weighted by molar-refractivity contribution is 0.0718. The van der Waals surface area contributed by atoms with Gasteiger partial charge >= 0.3 is 0 Å². The maximum Gasteiger partial charge on any atom is 0.252 e. The number of carbonyl (C=O) groups excluding carboxylic acids is 1. The largest absolute Gasteiger partial charge is 0.396 e. The lowest BCUT2D eigenvalue weighted by atomic mass is 9.74. The van der Waals surface area contributed by atoms with Gasteiger partial charge in [-0.25, -0.2) is 4.98 Å². The van der Waals surface area contributed by atoms with Gasteiger partial charge in [-0.15, -0.1) is 0 Å². The van der Waals surface area contributed by atoms with E-state index >= 15 is 0 Å². The summed E-state index contributed by atoms with van der Waals surface area (Å²) in [5, 5.41) is 12.4. The van der Waals surface area contributed by atoms with E-state index in [1.165, 1.54) is 18.7 Å². The number of nitrogens with zero attached hydrogens (tertiary/aromatic N) is 1. The third-order valence-corrected chi connectivity index (χ3v) is 3.86. The van der Waals surface area contributed by atoms with Crippen LogP contribution in [-0.4, -0.2) is 29.1 Å². The van der Waals surface area contributed by atoms with Crippen LogP contribution in [0.1, 0.15) is 42.5 Å². The van der Waals surface area contributed by atoms with E-state index in [4.69, 9.17) is 0 Å². The Labute approximate surface area is 112 Å². The van der Waals surface area contributed by atoms with Crippen molar-refractivity contribution in [1.82, 2.24) is 10.3 Å². The van der Waals surface area contributed by atoms with Crippen LogP contribution in [0.5, 0.6) is 0 Å². The van der Waals surface area contributed by atoms with E-state index in [0.29, 0.717) is 12.1 Å². The van der Waals surface area contributed by atoms with Crippen LogP contribution in [0, 0.1) is 11.4 Å². The molecule has 0 radical (unpaired) electrons. The van der Waals surface area contributed by atoms with Gasteiger partial charge in [-0.05, 0) is 25.0 Å². The predicted molar refractivity (Wildman–Crippen MR) is 69.1 cm³/mol. The molecule has 1 aromatic rings. The van der Waals surface area contributed by atoms with Crippen LogP contribution in [0.3, 0.4) is 0 Å². The summed E-state index contributed by atoms with van der Waals surface area (Å²) >= 11 is 0. The van der Waals surface area contributed by atoms with Gasteiger partial charge in [0.2, 0.25) is 5.95 Å².